The number of primary amides is 1. The van der Waals surface area contributed by atoms with E-state index >= 15 is 0 Å². The van der Waals surface area contributed by atoms with Crippen LogP contribution in [0.4, 0.5) is 0 Å². The first-order chi connectivity index (χ1) is 9.22. The Hall–Kier alpha value is -2.14. The largest absolute Gasteiger partial charge is 0.368 e. The van der Waals surface area contributed by atoms with Crippen molar-refractivity contribution in [1.82, 2.24) is 15.1 Å². The number of para-hydroxylation sites is 1. The van der Waals surface area contributed by atoms with Gasteiger partial charge in [0.25, 0.3) is 0 Å². The van der Waals surface area contributed by atoms with Gasteiger partial charge < -0.3 is 11.1 Å². The summed E-state index contributed by atoms with van der Waals surface area (Å²) in [5, 5.41) is 7.39. The van der Waals surface area contributed by atoms with Gasteiger partial charge in [-0.15, -0.1) is 0 Å². The number of carbonyl (C=O) groups excluding carboxylic acids is 1. The maximum Gasteiger partial charge on any atom is 0.239 e. The van der Waals surface area contributed by atoms with E-state index in [9.17, 15) is 4.79 Å². The van der Waals surface area contributed by atoms with Crippen molar-refractivity contribution in [1.29, 1.82) is 0 Å². The van der Waals surface area contributed by atoms with E-state index in [2.05, 4.69) is 10.4 Å². The normalized spacial score (nSPS) is 12.3. The van der Waals surface area contributed by atoms with Crippen LogP contribution in [0.25, 0.3) is 5.69 Å². The third-order valence-electron chi connectivity index (χ3n) is 2.84. The molecular formula is C14H18N4O. The second kappa shape index (κ2) is 6.15. The molecule has 1 unspecified atom stereocenters. The lowest BCUT2D eigenvalue weighted by atomic mass is 10.1. The summed E-state index contributed by atoms with van der Waals surface area (Å²) in [4.78, 5) is 11.5. The first-order valence-electron chi connectivity index (χ1n) is 6.35. The maximum absolute atomic E-state index is 11.5. The zero-order valence-corrected chi connectivity index (χ0v) is 10.9. The molecule has 1 heterocycles. The summed E-state index contributed by atoms with van der Waals surface area (Å²) in [6, 6.07) is 9.25. The fourth-order valence-electron chi connectivity index (χ4n) is 1.88. The van der Waals surface area contributed by atoms with Crippen LogP contribution in [0.1, 0.15) is 24.9 Å². The van der Waals surface area contributed by atoms with Crippen molar-refractivity contribution < 1.29 is 4.79 Å². The Bertz CT molecular complexity index is 535. The van der Waals surface area contributed by atoms with E-state index in [0.717, 1.165) is 24.2 Å². The molecule has 3 N–H and O–H groups in total. The van der Waals surface area contributed by atoms with Gasteiger partial charge in [-0.1, -0.05) is 25.1 Å². The van der Waals surface area contributed by atoms with E-state index in [1.165, 1.54) is 0 Å². The molecule has 0 fully saturated rings. The number of aromatic nitrogens is 2. The molecule has 0 aliphatic rings. The number of hydrogen-bond donors (Lipinski definition) is 2. The standard InChI is InChI=1S/C14H18N4O/c1-2-8-16-13(14(15)19)11-9-17-18(10-11)12-6-4-3-5-7-12/h3-7,9-10,13,16H,2,8H2,1H3,(H2,15,19). The molecule has 2 rings (SSSR count). The fraction of sp³-hybridized carbons (Fsp3) is 0.286. The molecule has 0 saturated heterocycles. The molecule has 2 aromatic rings. The van der Waals surface area contributed by atoms with E-state index in [0.29, 0.717) is 0 Å². The van der Waals surface area contributed by atoms with E-state index in [1.54, 1.807) is 10.9 Å². The summed E-state index contributed by atoms with van der Waals surface area (Å²) >= 11 is 0. The Morgan fingerprint density at radius 2 is 2.16 bits per heavy atom. The van der Waals surface area contributed by atoms with Crippen molar-refractivity contribution in [2.24, 2.45) is 5.73 Å². The van der Waals surface area contributed by atoms with E-state index in [4.69, 9.17) is 5.73 Å². The van der Waals surface area contributed by atoms with Gasteiger partial charge in [0, 0.05) is 11.8 Å². The van der Waals surface area contributed by atoms with Gasteiger partial charge in [-0.05, 0) is 25.1 Å². The van der Waals surface area contributed by atoms with Crippen LogP contribution in [-0.4, -0.2) is 22.2 Å². The Kier molecular flexibility index (Phi) is 4.30. The summed E-state index contributed by atoms with van der Waals surface area (Å²) in [6.45, 7) is 2.78. The zero-order chi connectivity index (χ0) is 13.7. The molecule has 1 amide bonds. The van der Waals surface area contributed by atoms with Crippen LogP contribution >= 0.6 is 0 Å². The Balaban J connectivity index is 2.21. The van der Waals surface area contributed by atoms with Gasteiger partial charge in [0.05, 0.1) is 11.9 Å². The van der Waals surface area contributed by atoms with E-state index in [1.807, 2.05) is 43.5 Å². The molecule has 0 saturated carbocycles. The first-order valence-corrected chi connectivity index (χ1v) is 6.35. The van der Waals surface area contributed by atoms with Gasteiger partial charge in [-0.3, -0.25) is 4.79 Å². The summed E-state index contributed by atoms with van der Waals surface area (Å²) in [5.41, 5.74) is 7.15. The molecule has 5 heteroatoms. The van der Waals surface area contributed by atoms with Crippen LogP contribution in [0.5, 0.6) is 0 Å². The highest BCUT2D eigenvalue weighted by atomic mass is 16.1. The molecule has 0 aliphatic carbocycles. The lowest BCUT2D eigenvalue weighted by Crippen LogP contribution is -2.33. The SMILES string of the molecule is CCCNC(C(N)=O)c1cnn(-c2ccccc2)c1. The average molecular weight is 258 g/mol. The monoisotopic (exact) mass is 258 g/mol. The molecule has 19 heavy (non-hydrogen) atoms. The van der Waals surface area contributed by atoms with Gasteiger partial charge in [-0.25, -0.2) is 4.68 Å². The smallest absolute Gasteiger partial charge is 0.239 e. The number of carbonyl (C=O) groups is 1. The summed E-state index contributed by atoms with van der Waals surface area (Å²) in [6.07, 6.45) is 4.44. The second-order valence-electron chi connectivity index (χ2n) is 4.34. The van der Waals surface area contributed by atoms with Gasteiger partial charge in [-0.2, -0.15) is 5.10 Å². The molecular weight excluding hydrogens is 240 g/mol. The molecule has 100 valence electrons. The lowest BCUT2D eigenvalue weighted by molar-refractivity contribution is -0.120. The molecule has 0 spiro atoms. The molecule has 0 bridgehead atoms. The van der Waals surface area contributed by atoms with Crippen molar-refractivity contribution in [3.63, 3.8) is 0 Å². The predicted octanol–water partition coefficient (Wildman–Crippen LogP) is 1.40. The number of hydrogen-bond acceptors (Lipinski definition) is 3. The molecule has 1 aromatic carbocycles. The van der Waals surface area contributed by atoms with Crippen molar-refractivity contribution in [2.75, 3.05) is 6.54 Å². The van der Waals surface area contributed by atoms with E-state index in [-0.39, 0.29) is 5.91 Å². The molecule has 1 aromatic heterocycles. The minimum absolute atomic E-state index is 0.388. The van der Waals surface area contributed by atoms with Crippen molar-refractivity contribution in [3.8, 4) is 5.69 Å². The summed E-state index contributed by atoms with van der Waals surface area (Å²) in [5.74, 6) is -0.388. The van der Waals surface area contributed by atoms with Crippen LogP contribution in [0.3, 0.4) is 0 Å². The predicted molar refractivity (Wildman–Crippen MR) is 73.8 cm³/mol. The van der Waals surface area contributed by atoms with Crippen molar-refractivity contribution >= 4 is 5.91 Å². The van der Waals surface area contributed by atoms with Crippen molar-refractivity contribution in [2.45, 2.75) is 19.4 Å². The first kappa shape index (κ1) is 13.3. The Morgan fingerprint density at radius 1 is 1.42 bits per heavy atom. The zero-order valence-electron chi connectivity index (χ0n) is 10.9. The van der Waals surface area contributed by atoms with Crippen LogP contribution < -0.4 is 11.1 Å². The highest BCUT2D eigenvalue weighted by Crippen LogP contribution is 2.14. The van der Waals surface area contributed by atoms with Crippen LogP contribution in [0, 0.1) is 0 Å². The summed E-state index contributed by atoms with van der Waals surface area (Å²) in [7, 11) is 0. The number of rotatable bonds is 6. The number of amides is 1. The van der Waals surface area contributed by atoms with Gasteiger partial charge in [0.15, 0.2) is 0 Å². The topological polar surface area (TPSA) is 72.9 Å². The van der Waals surface area contributed by atoms with Gasteiger partial charge in [0.1, 0.15) is 6.04 Å². The second-order valence-corrected chi connectivity index (χ2v) is 4.34. The fourth-order valence-corrected chi connectivity index (χ4v) is 1.88. The minimum atomic E-state index is -0.489. The van der Waals surface area contributed by atoms with Crippen molar-refractivity contribution in [3.05, 3.63) is 48.3 Å². The maximum atomic E-state index is 11.5. The quantitative estimate of drug-likeness (QED) is 0.822. The lowest BCUT2D eigenvalue weighted by Gasteiger charge is -2.12. The number of nitrogens with zero attached hydrogens (tertiary/aromatic N) is 2. The van der Waals surface area contributed by atoms with E-state index < -0.39 is 6.04 Å². The Labute approximate surface area is 112 Å². The molecule has 0 radical (unpaired) electrons. The number of nitrogens with two attached hydrogens (primary N) is 1. The number of nitrogens with one attached hydrogen (secondary N) is 1. The minimum Gasteiger partial charge on any atom is -0.368 e. The highest BCUT2D eigenvalue weighted by Gasteiger charge is 2.18. The average Bonchev–Trinajstić information content (AvgIpc) is 2.89. The molecule has 5 nitrogen and oxygen atoms in total. The Morgan fingerprint density at radius 3 is 2.79 bits per heavy atom. The third kappa shape index (κ3) is 3.20. The van der Waals surface area contributed by atoms with Crippen LogP contribution in [0.15, 0.2) is 42.7 Å². The number of benzene rings is 1. The summed E-state index contributed by atoms with van der Waals surface area (Å²) < 4.78 is 1.74. The third-order valence-corrected chi connectivity index (χ3v) is 2.84. The van der Waals surface area contributed by atoms with Crippen LogP contribution in [0.2, 0.25) is 0 Å². The van der Waals surface area contributed by atoms with Gasteiger partial charge >= 0.3 is 0 Å². The van der Waals surface area contributed by atoms with Crippen LogP contribution in [-0.2, 0) is 4.79 Å². The van der Waals surface area contributed by atoms with Gasteiger partial charge in [0.2, 0.25) is 5.91 Å². The highest BCUT2D eigenvalue weighted by molar-refractivity contribution is 5.81. The molecule has 1 atom stereocenters. The molecule has 0 aliphatic heterocycles.